The maximum absolute atomic E-state index is 10.8. The van der Waals surface area contributed by atoms with Crippen LogP contribution in [0.1, 0.15) is 12.5 Å². The van der Waals surface area contributed by atoms with E-state index in [1.807, 2.05) is 0 Å². The molecule has 0 bridgehead atoms. The normalized spacial score (nSPS) is 14.4. The summed E-state index contributed by atoms with van der Waals surface area (Å²) < 4.78 is 0. The van der Waals surface area contributed by atoms with Crippen molar-refractivity contribution in [2.75, 3.05) is 0 Å². The Morgan fingerprint density at radius 3 is 2.29 bits per heavy atom. The maximum Gasteiger partial charge on any atom is 0.387 e. The average molecular weight is 195 g/mol. The van der Waals surface area contributed by atoms with E-state index in [9.17, 15) is 14.9 Å². The van der Waals surface area contributed by atoms with Gasteiger partial charge in [0.2, 0.25) is 0 Å². The first kappa shape index (κ1) is 10.2. The van der Waals surface area contributed by atoms with E-state index < -0.39 is 16.4 Å². The van der Waals surface area contributed by atoms with Gasteiger partial charge >= 0.3 is 11.5 Å². The fourth-order valence-electron chi connectivity index (χ4n) is 1.07. The van der Waals surface area contributed by atoms with Gasteiger partial charge in [-0.25, -0.2) is 4.79 Å². The molecule has 0 saturated heterocycles. The molecule has 1 aromatic carbocycles. The zero-order chi connectivity index (χ0) is 10.8. The van der Waals surface area contributed by atoms with E-state index in [-0.39, 0.29) is 5.56 Å². The minimum Gasteiger partial charge on any atom is -0.476 e. The lowest BCUT2D eigenvalue weighted by molar-refractivity contribution is -0.559. The van der Waals surface area contributed by atoms with Crippen LogP contribution in [0.4, 0.5) is 0 Å². The van der Waals surface area contributed by atoms with E-state index in [1.54, 1.807) is 18.2 Å². The van der Waals surface area contributed by atoms with Gasteiger partial charge < -0.3 is 5.11 Å². The van der Waals surface area contributed by atoms with Crippen LogP contribution in [0.25, 0.3) is 0 Å². The second-order valence-corrected chi connectivity index (χ2v) is 3.00. The molecule has 0 heterocycles. The summed E-state index contributed by atoms with van der Waals surface area (Å²) in [7, 11) is 0. The van der Waals surface area contributed by atoms with Crippen LogP contribution in [0.5, 0.6) is 0 Å². The second-order valence-electron chi connectivity index (χ2n) is 3.00. The van der Waals surface area contributed by atoms with E-state index in [2.05, 4.69) is 0 Å². The summed E-state index contributed by atoms with van der Waals surface area (Å²) in [5.41, 5.74) is -1.90. The van der Waals surface area contributed by atoms with Gasteiger partial charge in [0.05, 0.1) is 0 Å². The van der Waals surface area contributed by atoms with Gasteiger partial charge in [0.25, 0.3) is 0 Å². The van der Waals surface area contributed by atoms with E-state index >= 15 is 0 Å². The molecule has 1 atom stereocenters. The SMILES string of the molecule is CC(C(=O)O)(c1ccccc1)[N+](=O)[O-]. The number of hydrogen-bond donors (Lipinski definition) is 1. The number of hydrogen-bond acceptors (Lipinski definition) is 3. The molecule has 5 heteroatoms. The van der Waals surface area contributed by atoms with Gasteiger partial charge in [0.1, 0.15) is 0 Å². The Kier molecular flexibility index (Phi) is 2.51. The van der Waals surface area contributed by atoms with E-state index in [0.29, 0.717) is 0 Å². The molecule has 0 radical (unpaired) electrons. The molecule has 0 amide bonds. The van der Waals surface area contributed by atoms with Crippen LogP contribution in [0.2, 0.25) is 0 Å². The fourth-order valence-corrected chi connectivity index (χ4v) is 1.07. The molecule has 14 heavy (non-hydrogen) atoms. The number of carboxylic acid groups (broad SMARTS) is 1. The zero-order valence-electron chi connectivity index (χ0n) is 7.51. The van der Waals surface area contributed by atoms with Crippen molar-refractivity contribution in [2.45, 2.75) is 12.5 Å². The van der Waals surface area contributed by atoms with Gasteiger partial charge in [0, 0.05) is 17.4 Å². The lowest BCUT2D eigenvalue weighted by atomic mass is 9.93. The monoisotopic (exact) mass is 195 g/mol. The highest BCUT2D eigenvalue weighted by Gasteiger charge is 2.47. The Morgan fingerprint density at radius 1 is 1.43 bits per heavy atom. The zero-order valence-corrected chi connectivity index (χ0v) is 7.51. The smallest absolute Gasteiger partial charge is 0.387 e. The lowest BCUT2D eigenvalue weighted by Gasteiger charge is -2.15. The molecule has 1 rings (SSSR count). The van der Waals surface area contributed by atoms with Gasteiger partial charge in [-0.3, -0.25) is 10.1 Å². The summed E-state index contributed by atoms with van der Waals surface area (Å²) in [4.78, 5) is 20.7. The van der Waals surface area contributed by atoms with Crippen LogP contribution >= 0.6 is 0 Å². The quantitative estimate of drug-likeness (QED) is 0.581. The molecule has 0 aromatic heterocycles. The predicted molar refractivity (Wildman–Crippen MR) is 48.4 cm³/mol. The standard InChI is InChI=1S/C9H9NO4/c1-9(8(11)12,10(13)14)7-5-3-2-4-6-7/h2-6H,1H3,(H,11,12). The van der Waals surface area contributed by atoms with E-state index in [4.69, 9.17) is 5.11 Å². The molecule has 1 aromatic rings. The number of benzene rings is 1. The van der Waals surface area contributed by atoms with Crippen LogP contribution in [0.15, 0.2) is 30.3 Å². The van der Waals surface area contributed by atoms with E-state index in [1.165, 1.54) is 12.1 Å². The molecule has 0 saturated carbocycles. The first-order valence-electron chi connectivity index (χ1n) is 3.93. The largest absolute Gasteiger partial charge is 0.476 e. The summed E-state index contributed by atoms with van der Waals surface area (Å²) in [6.07, 6.45) is 0. The van der Waals surface area contributed by atoms with Gasteiger partial charge in [-0.2, -0.15) is 0 Å². The van der Waals surface area contributed by atoms with Crippen molar-refractivity contribution in [1.82, 2.24) is 0 Å². The molecule has 5 nitrogen and oxygen atoms in total. The third-order valence-electron chi connectivity index (χ3n) is 2.12. The number of nitro groups is 1. The van der Waals surface area contributed by atoms with Gasteiger partial charge in [-0.15, -0.1) is 0 Å². The third kappa shape index (κ3) is 1.44. The molecule has 0 aliphatic rings. The van der Waals surface area contributed by atoms with Crippen LogP contribution in [0, 0.1) is 10.1 Å². The van der Waals surface area contributed by atoms with Crippen molar-refractivity contribution in [1.29, 1.82) is 0 Å². The van der Waals surface area contributed by atoms with Crippen molar-refractivity contribution >= 4 is 5.97 Å². The number of carbonyl (C=O) groups is 1. The van der Waals surface area contributed by atoms with E-state index in [0.717, 1.165) is 6.92 Å². The summed E-state index contributed by atoms with van der Waals surface area (Å²) in [6, 6.07) is 7.67. The molecular formula is C9H9NO4. The van der Waals surface area contributed by atoms with Crippen molar-refractivity contribution < 1.29 is 14.8 Å². The van der Waals surface area contributed by atoms with Crippen molar-refractivity contribution in [3.8, 4) is 0 Å². The topological polar surface area (TPSA) is 80.4 Å². The fraction of sp³-hybridized carbons (Fsp3) is 0.222. The Balaban J connectivity index is 3.27. The molecule has 0 aliphatic heterocycles. The summed E-state index contributed by atoms with van der Waals surface area (Å²) in [6.45, 7) is 1.07. The Labute approximate surface area is 80.1 Å². The van der Waals surface area contributed by atoms with Gasteiger partial charge in [-0.1, -0.05) is 30.3 Å². The molecule has 0 fully saturated rings. The summed E-state index contributed by atoms with van der Waals surface area (Å²) in [5, 5.41) is 19.5. The maximum atomic E-state index is 10.8. The molecule has 74 valence electrons. The highest BCUT2D eigenvalue weighted by atomic mass is 16.6. The molecule has 0 aliphatic carbocycles. The second kappa shape index (κ2) is 3.45. The number of rotatable bonds is 3. The van der Waals surface area contributed by atoms with Crippen molar-refractivity contribution in [3.63, 3.8) is 0 Å². The average Bonchev–Trinajstić information content (AvgIpc) is 2.17. The van der Waals surface area contributed by atoms with Crippen molar-refractivity contribution in [2.24, 2.45) is 0 Å². The molecule has 1 unspecified atom stereocenters. The Morgan fingerprint density at radius 2 is 1.93 bits per heavy atom. The Hall–Kier alpha value is -1.91. The number of aliphatic carboxylic acids is 1. The summed E-state index contributed by atoms with van der Waals surface area (Å²) in [5.74, 6) is -1.46. The molecule has 1 N–H and O–H groups in total. The van der Waals surface area contributed by atoms with Crippen molar-refractivity contribution in [3.05, 3.63) is 46.0 Å². The third-order valence-corrected chi connectivity index (χ3v) is 2.12. The highest BCUT2D eigenvalue weighted by Crippen LogP contribution is 2.24. The van der Waals surface area contributed by atoms with Crippen LogP contribution in [-0.2, 0) is 10.3 Å². The van der Waals surface area contributed by atoms with Crippen LogP contribution < -0.4 is 0 Å². The number of carboxylic acids is 1. The first-order chi connectivity index (χ1) is 6.49. The minimum absolute atomic E-state index is 0.164. The van der Waals surface area contributed by atoms with Crippen LogP contribution in [0.3, 0.4) is 0 Å². The lowest BCUT2D eigenvalue weighted by Crippen LogP contribution is -2.40. The predicted octanol–water partition coefficient (Wildman–Crippen LogP) is 1.26. The summed E-state index contributed by atoms with van der Waals surface area (Å²) >= 11 is 0. The first-order valence-corrected chi connectivity index (χ1v) is 3.93. The van der Waals surface area contributed by atoms with Gasteiger partial charge in [0.15, 0.2) is 0 Å². The molecular weight excluding hydrogens is 186 g/mol. The Bertz CT molecular complexity index is 346. The van der Waals surface area contributed by atoms with Gasteiger partial charge in [-0.05, 0) is 0 Å². The highest BCUT2D eigenvalue weighted by molar-refractivity contribution is 5.78. The minimum atomic E-state index is -2.07. The number of nitrogens with zero attached hydrogens (tertiary/aromatic N) is 1. The van der Waals surface area contributed by atoms with Crippen LogP contribution in [-0.4, -0.2) is 16.0 Å². The molecule has 0 spiro atoms.